The fourth-order valence-corrected chi connectivity index (χ4v) is 21.6. The average Bonchev–Trinajstić information content (AvgIpc) is 1.44. The van der Waals surface area contributed by atoms with E-state index in [0.29, 0.717) is 52.4 Å². The summed E-state index contributed by atoms with van der Waals surface area (Å²) in [6.07, 6.45) is 0. The van der Waals surface area contributed by atoms with E-state index in [1.165, 1.54) is 126 Å². The predicted molar refractivity (Wildman–Crippen MR) is 543 cm³/mol. The van der Waals surface area contributed by atoms with Crippen LogP contribution in [0.3, 0.4) is 0 Å². The quantitative estimate of drug-likeness (QED) is 0.117. The number of rotatable bonds is 11. The molecule has 6 aromatic heterocycles. The smallest absolute Gasteiger partial charge is 0.164 e. The Balaban J connectivity index is 0.000000108. The standard InChI is InChI=1S/2C41H25N3S.C35H21N3S/c1-2-10-26(11-3-1)27-20-24-30(25-21-27)39-42-40(33-16-8-13-29-23-22-28-12-4-5-14-31(28)37(29)33)44-41(43-39)34-17-9-19-36-38(34)32-15-6-7-18-35(32)45-36;1-2-11-27(12-3-1)39-42-40(44-41(43-39)34-18-10-20-37-38(34)33-17-8-9-19-36(33)45-37)28-23-21-26(22-24-28)35-25-29-13-4-5-14-30(29)31-15-6-7-16-32(31)35;1-2-10-24(11-3-1)33-36-34(25-20-19-23-18-17-22-9-4-5-12-26(22)29(23)21-25)38-35(37-33)28-14-8-16-31-32(28)27-13-6-7-15-30(27)39-31/h2*1-25H;1-21H. The molecule has 0 radical (unpaired) electrons. The number of hydrogen-bond acceptors (Lipinski definition) is 12. The molecule has 0 bridgehead atoms. The van der Waals surface area contributed by atoms with Crippen molar-refractivity contribution < 1.29 is 0 Å². The van der Waals surface area contributed by atoms with Crippen LogP contribution in [0.2, 0.25) is 0 Å². The minimum Gasteiger partial charge on any atom is -0.208 e. The summed E-state index contributed by atoms with van der Waals surface area (Å²) in [7, 11) is 0. The maximum atomic E-state index is 5.24. The van der Waals surface area contributed by atoms with Crippen LogP contribution in [-0.2, 0) is 0 Å². The second kappa shape index (κ2) is 32.6. The zero-order valence-corrected chi connectivity index (χ0v) is 71.7. The van der Waals surface area contributed by atoms with Crippen LogP contribution < -0.4 is 0 Å². The fourth-order valence-electron chi connectivity index (χ4n) is 18.2. The first-order valence-corrected chi connectivity index (χ1v) is 45.5. The van der Waals surface area contributed by atoms with Crippen molar-refractivity contribution in [2.45, 2.75) is 0 Å². The zero-order chi connectivity index (χ0) is 85.2. The Morgan fingerprint density at radius 3 is 0.868 bits per heavy atom. The van der Waals surface area contributed by atoms with Gasteiger partial charge >= 0.3 is 0 Å². The molecule has 602 valence electrons. The Morgan fingerprint density at radius 1 is 0.124 bits per heavy atom. The maximum absolute atomic E-state index is 5.24. The Bertz CT molecular complexity index is 8880. The molecule has 26 aromatic rings. The molecule has 0 aliphatic rings. The molecule has 0 spiro atoms. The number of aromatic nitrogens is 9. The molecule has 0 fully saturated rings. The Labute approximate surface area is 753 Å². The summed E-state index contributed by atoms with van der Waals surface area (Å²) in [4.78, 5) is 45.9. The third kappa shape index (κ3) is 14.2. The molecule has 0 saturated carbocycles. The van der Waals surface area contributed by atoms with Crippen molar-refractivity contribution in [2.75, 3.05) is 0 Å². The van der Waals surface area contributed by atoms with Gasteiger partial charge in [-0.2, -0.15) is 0 Å². The van der Waals surface area contributed by atoms with Crippen molar-refractivity contribution in [2.24, 2.45) is 0 Å². The van der Waals surface area contributed by atoms with Crippen molar-refractivity contribution in [3.63, 3.8) is 0 Å². The second-order valence-corrected chi connectivity index (χ2v) is 35.4. The van der Waals surface area contributed by atoms with Gasteiger partial charge in [0.2, 0.25) is 0 Å². The first-order valence-electron chi connectivity index (χ1n) is 43.0. The largest absolute Gasteiger partial charge is 0.208 e. The van der Waals surface area contributed by atoms with Gasteiger partial charge < -0.3 is 0 Å². The SMILES string of the molecule is c1ccc(-c2ccc(-c3nc(-c4cccc5ccc6ccccc6c45)nc(-c4cccc5sc6ccccc6c45)n3)cc2)cc1.c1ccc(-c2nc(-c3ccc(-c4cc5ccccc5c5ccccc45)cc3)nc(-c3cccc4sc5ccccc5c34)n2)cc1.c1ccc(-c2nc(-c3ccc4ccc5ccccc5c4c3)nc(-c3cccc4sc5ccccc5c34)n2)cc1. The highest BCUT2D eigenvalue weighted by molar-refractivity contribution is 7.26. The third-order valence-electron chi connectivity index (χ3n) is 24.4. The van der Waals surface area contributed by atoms with E-state index < -0.39 is 0 Å². The third-order valence-corrected chi connectivity index (χ3v) is 27.8. The monoisotopic (exact) mass is 1700 g/mol. The molecular weight excluding hydrogens is 1630 g/mol. The van der Waals surface area contributed by atoms with Crippen LogP contribution >= 0.6 is 34.0 Å². The van der Waals surface area contributed by atoms with E-state index in [1.54, 1.807) is 34.0 Å². The molecule has 9 nitrogen and oxygen atoms in total. The Kier molecular flexibility index (Phi) is 19.3. The van der Waals surface area contributed by atoms with Crippen molar-refractivity contribution in [3.8, 4) is 125 Å². The molecular formula is C117H71N9S3. The normalized spacial score (nSPS) is 11.6. The summed E-state index contributed by atoms with van der Waals surface area (Å²) in [5, 5.41) is 21.8. The topological polar surface area (TPSA) is 116 Å². The molecule has 0 aliphatic carbocycles. The molecule has 0 atom stereocenters. The van der Waals surface area contributed by atoms with Crippen LogP contribution in [-0.4, -0.2) is 44.9 Å². The molecule has 20 aromatic carbocycles. The van der Waals surface area contributed by atoms with E-state index in [9.17, 15) is 0 Å². The van der Waals surface area contributed by atoms with E-state index in [4.69, 9.17) is 44.9 Å². The molecule has 26 rings (SSSR count). The maximum Gasteiger partial charge on any atom is 0.164 e. The summed E-state index contributed by atoms with van der Waals surface area (Å²) in [6.45, 7) is 0. The van der Waals surface area contributed by atoms with Gasteiger partial charge in [-0.25, -0.2) is 44.9 Å². The van der Waals surface area contributed by atoms with Gasteiger partial charge in [0.05, 0.1) is 0 Å². The van der Waals surface area contributed by atoms with Crippen LogP contribution in [0.1, 0.15) is 0 Å². The Hall–Kier alpha value is -16.4. The van der Waals surface area contributed by atoms with Crippen LogP contribution in [0.15, 0.2) is 431 Å². The first kappa shape index (κ1) is 76.3. The van der Waals surface area contributed by atoms with E-state index >= 15 is 0 Å². The summed E-state index contributed by atoms with van der Waals surface area (Å²) in [5.41, 5.74) is 13.6. The van der Waals surface area contributed by atoms with E-state index in [2.05, 4.69) is 388 Å². The van der Waals surface area contributed by atoms with Crippen LogP contribution in [0, 0.1) is 0 Å². The second-order valence-electron chi connectivity index (χ2n) is 32.1. The Morgan fingerprint density at radius 2 is 0.395 bits per heavy atom. The summed E-state index contributed by atoms with van der Waals surface area (Å²) in [5.74, 6) is 6.03. The summed E-state index contributed by atoms with van der Waals surface area (Å²) < 4.78 is 7.46. The zero-order valence-electron chi connectivity index (χ0n) is 69.2. The van der Waals surface area contributed by atoms with Crippen molar-refractivity contribution in [3.05, 3.63) is 431 Å². The van der Waals surface area contributed by atoms with Gasteiger partial charge in [0, 0.05) is 116 Å². The minimum atomic E-state index is 0.656. The highest BCUT2D eigenvalue weighted by Crippen LogP contribution is 2.46. The minimum absolute atomic E-state index is 0.656. The van der Waals surface area contributed by atoms with Crippen LogP contribution in [0.5, 0.6) is 0 Å². The number of nitrogens with zero attached hydrogens (tertiary/aromatic N) is 9. The van der Waals surface area contributed by atoms with Gasteiger partial charge in [-0.3, -0.25) is 0 Å². The lowest BCUT2D eigenvalue weighted by Crippen LogP contribution is -2.01. The average molecular weight is 1700 g/mol. The highest BCUT2D eigenvalue weighted by atomic mass is 32.1. The lowest BCUT2D eigenvalue weighted by molar-refractivity contribution is 1.08. The highest BCUT2D eigenvalue weighted by Gasteiger charge is 2.24. The molecule has 129 heavy (non-hydrogen) atoms. The van der Waals surface area contributed by atoms with E-state index in [0.717, 1.165) is 72.0 Å². The van der Waals surface area contributed by atoms with Crippen molar-refractivity contribution in [1.29, 1.82) is 0 Å². The molecule has 6 heterocycles. The van der Waals surface area contributed by atoms with Gasteiger partial charge in [0.1, 0.15) is 0 Å². The van der Waals surface area contributed by atoms with E-state index in [-0.39, 0.29) is 0 Å². The van der Waals surface area contributed by atoms with E-state index in [1.807, 2.05) is 42.5 Å². The number of hydrogen-bond donors (Lipinski definition) is 0. The summed E-state index contributed by atoms with van der Waals surface area (Å²) in [6, 6.07) is 151. The van der Waals surface area contributed by atoms with Crippen molar-refractivity contribution >= 4 is 159 Å². The lowest BCUT2D eigenvalue weighted by atomic mass is 9.93. The lowest BCUT2D eigenvalue weighted by Gasteiger charge is -2.13. The molecule has 0 N–H and O–H groups in total. The van der Waals surface area contributed by atoms with Crippen molar-refractivity contribution in [1.82, 2.24) is 44.9 Å². The molecule has 12 heteroatoms. The molecule has 0 saturated heterocycles. The predicted octanol–water partition coefficient (Wildman–Crippen LogP) is 32.0. The molecule has 0 unspecified atom stereocenters. The fraction of sp³-hybridized carbons (Fsp3) is 0. The van der Waals surface area contributed by atoms with Gasteiger partial charge in [0.15, 0.2) is 52.4 Å². The van der Waals surface area contributed by atoms with Gasteiger partial charge in [-0.1, -0.05) is 382 Å². The first-order chi connectivity index (χ1) is 63.9. The van der Waals surface area contributed by atoms with Gasteiger partial charge in [-0.05, 0) is 130 Å². The molecule has 0 amide bonds. The number of benzene rings is 20. The van der Waals surface area contributed by atoms with Gasteiger partial charge in [-0.15, -0.1) is 34.0 Å². The van der Waals surface area contributed by atoms with Crippen LogP contribution in [0.25, 0.3) is 250 Å². The number of thiophene rings is 3. The van der Waals surface area contributed by atoms with Gasteiger partial charge in [0.25, 0.3) is 0 Å². The number of fused-ring (bicyclic) bond motifs is 18. The van der Waals surface area contributed by atoms with Crippen LogP contribution in [0.4, 0.5) is 0 Å². The summed E-state index contributed by atoms with van der Waals surface area (Å²) >= 11 is 5.41. The molecule has 0 aliphatic heterocycles.